The standard InChI is InChI=1S/C16H18F3N3O/c1-10(14-9-20-22(3)11(14)2)21-15(23)8-12-5-4-6-13(7-12)16(17,18)19/h4-7,9-10H,8H2,1-3H3,(H,21,23)/t10-/m1/s1. The van der Waals surface area contributed by atoms with E-state index >= 15 is 0 Å². The number of carbonyl (C=O) groups excluding carboxylic acids is 1. The van der Waals surface area contributed by atoms with E-state index in [0.29, 0.717) is 5.56 Å². The Morgan fingerprint density at radius 2 is 2.09 bits per heavy atom. The van der Waals surface area contributed by atoms with Gasteiger partial charge in [0.1, 0.15) is 0 Å². The van der Waals surface area contributed by atoms with E-state index < -0.39 is 11.7 Å². The van der Waals surface area contributed by atoms with Crippen LogP contribution >= 0.6 is 0 Å². The van der Waals surface area contributed by atoms with Gasteiger partial charge in [-0.05, 0) is 25.5 Å². The molecule has 0 saturated heterocycles. The molecule has 7 heteroatoms. The fourth-order valence-electron chi connectivity index (χ4n) is 2.35. The summed E-state index contributed by atoms with van der Waals surface area (Å²) in [6.07, 6.45) is -2.84. The van der Waals surface area contributed by atoms with Gasteiger partial charge in [-0.25, -0.2) is 0 Å². The predicted octanol–water partition coefficient (Wildman–Crippen LogP) is 3.17. The molecule has 0 radical (unpaired) electrons. The van der Waals surface area contributed by atoms with Gasteiger partial charge in [-0.15, -0.1) is 0 Å². The molecule has 0 aliphatic rings. The van der Waals surface area contributed by atoms with Gasteiger partial charge in [0.15, 0.2) is 0 Å². The molecule has 1 atom stereocenters. The number of amides is 1. The first-order valence-corrected chi connectivity index (χ1v) is 7.12. The van der Waals surface area contributed by atoms with Crippen molar-refractivity contribution in [1.82, 2.24) is 15.1 Å². The molecule has 1 N–H and O–H groups in total. The highest BCUT2D eigenvalue weighted by atomic mass is 19.4. The quantitative estimate of drug-likeness (QED) is 0.938. The molecule has 1 heterocycles. The zero-order chi connectivity index (χ0) is 17.2. The lowest BCUT2D eigenvalue weighted by atomic mass is 10.1. The Kier molecular flexibility index (Phi) is 4.77. The molecule has 0 spiro atoms. The van der Waals surface area contributed by atoms with E-state index in [9.17, 15) is 18.0 Å². The van der Waals surface area contributed by atoms with Crippen LogP contribution in [0.4, 0.5) is 13.2 Å². The monoisotopic (exact) mass is 325 g/mol. The number of carbonyl (C=O) groups is 1. The maximum atomic E-state index is 12.7. The minimum Gasteiger partial charge on any atom is -0.349 e. The molecular weight excluding hydrogens is 307 g/mol. The van der Waals surface area contributed by atoms with Crippen LogP contribution in [0.25, 0.3) is 0 Å². The Morgan fingerprint density at radius 1 is 1.39 bits per heavy atom. The van der Waals surface area contributed by atoms with E-state index in [1.807, 2.05) is 13.8 Å². The topological polar surface area (TPSA) is 46.9 Å². The third kappa shape index (κ3) is 4.12. The van der Waals surface area contributed by atoms with E-state index in [0.717, 1.165) is 23.4 Å². The van der Waals surface area contributed by atoms with Gasteiger partial charge in [-0.2, -0.15) is 18.3 Å². The summed E-state index contributed by atoms with van der Waals surface area (Å²) in [5, 5.41) is 6.89. The summed E-state index contributed by atoms with van der Waals surface area (Å²) in [6, 6.07) is 4.54. The SMILES string of the molecule is Cc1c([C@@H](C)NC(=O)Cc2cccc(C(F)(F)F)c2)cnn1C. The van der Waals surface area contributed by atoms with Crippen LogP contribution in [-0.4, -0.2) is 15.7 Å². The third-order valence-corrected chi connectivity index (χ3v) is 3.74. The predicted molar refractivity (Wildman–Crippen MR) is 79.7 cm³/mol. The number of aryl methyl sites for hydroxylation is 1. The fourth-order valence-corrected chi connectivity index (χ4v) is 2.35. The second-order valence-electron chi connectivity index (χ2n) is 5.47. The summed E-state index contributed by atoms with van der Waals surface area (Å²) in [5.41, 5.74) is 1.38. The van der Waals surface area contributed by atoms with Crippen LogP contribution in [0.5, 0.6) is 0 Å². The van der Waals surface area contributed by atoms with Crippen LogP contribution in [0.1, 0.15) is 35.3 Å². The van der Waals surface area contributed by atoms with Gasteiger partial charge in [0.25, 0.3) is 0 Å². The molecule has 1 amide bonds. The van der Waals surface area contributed by atoms with Gasteiger partial charge in [0.05, 0.1) is 24.2 Å². The third-order valence-electron chi connectivity index (χ3n) is 3.74. The number of hydrogen-bond donors (Lipinski definition) is 1. The Morgan fingerprint density at radius 3 is 2.65 bits per heavy atom. The smallest absolute Gasteiger partial charge is 0.349 e. The van der Waals surface area contributed by atoms with Gasteiger partial charge in [0, 0.05) is 18.3 Å². The number of hydrogen-bond acceptors (Lipinski definition) is 2. The molecule has 23 heavy (non-hydrogen) atoms. The van der Waals surface area contributed by atoms with Crippen LogP contribution in [0.15, 0.2) is 30.5 Å². The Labute approximate surface area is 132 Å². The van der Waals surface area contributed by atoms with Gasteiger partial charge in [-0.3, -0.25) is 9.48 Å². The lowest BCUT2D eigenvalue weighted by Gasteiger charge is -2.14. The van der Waals surface area contributed by atoms with Crippen molar-refractivity contribution in [3.05, 3.63) is 52.8 Å². The molecule has 0 bridgehead atoms. The highest BCUT2D eigenvalue weighted by molar-refractivity contribution is 5.79. The van der Waals surface area contributed by atoms with E-state index in [2.05, 4.69) is 10.4 Å². The van der Waals surface area contributed by atoms with Gasteiger partial charge in [0.2, 0.25) is 5.91 Å². The van der Waals surface area contributed by atoms with Crippen molar-refractivity contribution in [3.8, 4) is 0 Å². The summed E-state index contributed by atoms with van der Waals surface area (Å²) in [4.78, 5) is 12.1. The largest absolute Gasteiger partial charge is 0.416 e. The molecule has 1 aromatic carbocycles. The molecule has 0 saturated carbocycles. The minimum atomic E-state index is -4.41. The highest BCUT2D eigenvalue weighted by Gasteiger charge is 2.30. The van der Waals surface area contributed by atoms with E-state index in [-0.39, 0.29) is 18.4 Å². The minimum absolute atomic E-state index is 0.104. The molecule has 0 unspecified atom stereocenters. The maximum absolute atomic E-state index is 12.7. The number of alkyl halides is 3. The second kappa shape index (κ2) is 6.44. The highest BCUT2D eigenvalue weighted by Crippen LogP contribution is 2.29. The first-order valence-electron chi connectivity index (χ1n) is 7.12. The first-order chi connectivity index (χ1) is 10.7. The molecule has 0 fully saturated rings. The number of nitrogens with one attached hydrogen (secondary N) is 1. The van der Waals surface area contributed by atoms with Crippen molar-refractivity contribution in [3.63, 3.8) is 0 Å². The average molecular weight is 325 g/mol. The van der Waals surface area contributed by atoms with E-state index in [1.54, 1.807) is 17.9 Å². The number of benzene rings is 1. The molecule has 0 aliphatic heterocycles. The van der Waals surface area contributed by atoms with Crippen LogP contribution in [0.2, 0.25) is 0 Å². The van der Waals surface area contributed by atoms with Crippen molar-refractivity contribution in [2.75, 3.05) is 0 Å². The van der Waals surface area contributed by atoms with Crippen molar-refractivity contribution >= 4 is 5.91 Å². The summed E-state index contributed by atoms with van der Waals surface area (Å²) in [6.45, 7) is 3.70. The van der Waals surface area contributed by atoms with Crippen LogP contribution < -0.4 is 5.32 Å². The summed E-state index contributed by atoms with van der Waals surface area (Å²) < 4.78 is 39.7. The average Bonchev–Trinajstić information content (AvgIpc) is 2.78. The first kappa shape index (κ1) is 17.1. The molecular formula is C16H18F3N3O. The molecule has 4 nitrogen and oxygen atoms in total. The number of rotatable bonds is 4. The van der Waals surface area contributed by atoms with Crippen LogP contribution in [0, 0.1) is 6.92 Å². The number of aromatic nitrogens is 2. The van der Waals surface area contributed by atoms with Crippen molar-refractivity contribution in [2.45, 2.75) is 32.5 Å². The molecule has 124 valence electrons. The number of halogens is 3. The van der Waals surface area contributed by atoms with Gasteiger partial charge < -0.3 is 5.32 Å². The molecule has 0 aliphatic carbocycles. The van der Waals surface area contributed by atoms with Gasteiger partial charge in [-0.1, -0.05) is 18.2 Å². The fraction of sp³-hybridized carbons (Fsp3) is 0.375. The second-order valence-corrected chi connectivity index (χ2v) is 5.47. The van der Waals surface area contributed by atoms with Crippen molar-refractivity contribution in [2.24, 2.45) is 7.05 Å². The Balaban J connectivity index is 2.04. The van der Waals surface area contributed by atoms with E-state index in [1.165, 1.54) is 12.1 Å². The summed E-state index contributed by atoms with van der Waals surface area (Å²) in [7, 11) is 1.80. The van der Waals surface area contributed by atoms with E-state index in [4.69, 9.17) is 0 Å². The molecule has 2 aromatic rings. The maximum Gasteiger partial charge on any atom is 0.416 e. The molecule has 1 aromatic heterocycles. The zero-order valence-electron chi connectivity index (χ0n) is 13.1. The number of nitrogens with zero attached hydrogens (tertiary/aromatic N) is 2. The summed E-state index contributed by atoms with van der Waals surface area (Å²) in [5.74, 6) is -0.333. The van der Waals surface area contributed by atoms with Crippen LogP contribution in [0.3, 0.4) is 0 Å². The van der Waals surface area contributed by atoms with Crippen LogP contribution in [-0.2, 0) is 24.4 Å². The van der Waals surface area contributed by atoms with Crippen molar-refractivity contribution in [1.29, 1.82) is 0 Å². The zero-order valence-corrected chi connectivity index (χ0v) is 13.1. The Hall–Kier alpha value is -2.31. The normalized spacial score (nSPS) is 13.0. The summed E-state index contributed by atoms with van der Waals surface area (Å²) >= 11 is 0. The van der Waals surface area contributed by atoms with Crippen molar-refractivity contribution < 1.29 is 18.0 Å². The Bertz CT molecular complexity index is 707. The lowest BCUT2D eigenvalue weighted by molar-refractivity contribution is -0.137. The van der Waals surface area contributed by atoms with Gasteiger partial charge >= 0.3 is 6.18 Å². The lowest BCUT2D eigenvalue weighted by Crippen LogP contribution is -2.28. The molecule has 2 rings (SSSR count).